The maximum Gasteiger partial charge on any atom is 0.216 e. The summed E-state index contributed by atoms with van der Waals surface area (Å²) in [4.78, 5) is 10.4. The maximum absolute atomic E-state index is 10.4. The zero-order valence-electron chi connectivity index (χ0n) is 6.80. The number of rotatable bonds is 6. The molecule has 0 saturated carbocycles. The van der Waals surface area contributed by atoms with Gasteiger partial charge in [0, 0.05) is 20.1 Å². The second kappa shape index (κ2) is 7.50. The van der Waals surface area contributed by atoms with Crippen molar-refractivity contribution < 1.29 is 14.6 Å². The van der Waals surface area contributed by atoms with Gasteiger partial charge in [0.2, 0.25) is 5.91 Å². The number of carbonyl (C=O) groups is 1. The molecule has 0 radical (unpaired) electrons. The van der Waals surface area contributed by atoms with Crippen LogP contribution < -0.4 is 5.32 Å². The van der Waals surface area contributed by atoms with Crippen molar-refractivity contribution in [1.82, 2.24) is 5.32 Å². The number of carbonyl (C=O) groups excluding carboxylic acids is 1. The maximum atomic E-state index is 10.4. The standard InChI is InChI=1S/C7H15NO3/c1-7(10)8-4-2-3-5-11-6-9/h9H,2-6H2,1H3,(H,8,10). The smallest absolute Gasteiger partial charge is 0.216 e. The van der Waals surface area contributed by atoms with E-state index in [1.54, 1.807) is 0 Å². The first-order valence-corrected chi connectivity index (χ1v) is 3.70. The van der Waals surface area contributed by atoms with Gasteiger partial charge in [0.25, 0.3) is 0 Å². The molecule has 66 valence electrons. The van der Waals surface area contributed by atoms with Gasteiger partial charge in [-0.1, -0.05) is 0 Å². The molecule has 0 spiro atoms. The highest BCUT2D eigenvalue weighted by atomic mass is 16.6. The molecule has 1 amide bonds. The lowest BCUT2D eigenvalue weighted by molar-refractivity contribution is -0.119. The Kier molecular flexibility index (Phi) is 7.08. The molecule has 0 aromatic rings. The minimum absolute atomic E-state index is 0.00641. The zero-order chi connectivity index (χ0) is 8.53. The number of aliphatic hydroxyl groups is 1. The van der Waals surface area contributed by atoms with Crippen molar-refractivity contribution in [2.45, 2.75) is 19.8 Å². The van der Waals surface area contributed by atoms with E-state index >= 15 is 0 Å². The van der Waals surface area contributed by atoms with Crippen molar-refractivity contribution in [3.63, 3.8) is 0 Å². The minimum Gasteiger partial charge on any atom is -0.371 e. The van der Waals surface area contributed by atoms with Gasteiger partial charge in [-0.15, -0.1) is 0 Å². The van der Waals surface area contributed by atoms with Crippen molar-refractivity contribution >= 4 is 5.91 Å². The molecular formula is C7H15NO3. The molecule has 0 saturated heterocycles. The molecule has 0 atom stereocenters. The third-order valence-corrected chi connectivity index (χ3v) is 1.18. The fourth-order valence-electron chi connectivity index (χ4n) is 0.658. The van der Waals surface area contributed by atoms with Gasteiger partial charge < -0.3 is 15.2 Å². The van der Waals surface area contributed by atoms with Crippen molar-refractivity contribution in [3.8, 4) is 0 Å². The number of ether oxygens (including phenoxy) is 1. The number of amides is 1. The Balaban J connectivity index is 2.85. The molecule has 0 rings (SSSR count). The van der Waals surface area contributed by atoms with E-state index in [1.807, 2.05) is 0 Å². The number of hydrogen-bond acceptors (Lipinski definition) is 3. The summed E-state index contributed by atoms with van der Waals surface area (Å²) in [5, 5.41) is 10.9. The Morgan fingerprint density at radius 1 is 1.55 bits per heavy atom. The molecule has 0 heterocycles. The van der Waals surface area contributed by atoms with Gasteiger partial charge in [0.1, 0.15) is 6.79 Å². The summed E-state index contributed by atoms with van der Waals surface area (Å²) in [6, 6.07) is 0. The number of aliphatic hydroxyl groups excluding tert-OH is 1. The van der Waals surface area contributed by atoms with Gasteiger partial charge in [-0.05, 0) is 12.8 Å². The van der Waals surface area contributed by atoms with Gasteiger partial charge in [-0.2, -0.15) is 0 Å². The quantitative estimate of drug-likeness (QED) is 0.421. The summed E-state index contributed by atoms with van der Waals surface area (Å²) in [7, 11) is 0. The normalized spacial score (nSPS) is 9.64. The topological polar surface area (TPSA) is 58.6 Å². The van der Waals surface area contributed by atoms with Crippen molar-refractivity contribution in [2.75, 3.05) is 19.9 Å². The van der Waals surface area contributed by atoms with Crippen LogP contribution in [0.15, 0.2) is 0 Å². The van der Waals surface area contributed by atoms with Crippen LogP contribution in [-0.4, -0.2) is 31.0 Å². The molecule has 2 N–H and O–H groups in total. The molecule has 4 nitrogen and oxygen atoms in total. The Morgan fingerprint density at radius 2 is 2.27 bits per heavy atom. The van der Waals surface area contributed by atoms with Crippen LogP contribution in [0.2, 0.25) is 0 Å². The number of hydrogen-bond donors (Lipinski definition) is 2. The van der Waals surface area contributed by atoms with Crippen LogP contribution in [0.4, 0.5) is 0 Å². The van der Waals surface area contributed by atoms with Crippen LogP contribution in [0.1, 0.15) is 19.8 Å². The molecule has 4 heteroatoms. The third kappa shape index (κ3) is 9.39. The first-order chi connectivity index (χ1) is 5.27. The monoisotopic (exact) mass is 161 g/mol. The Morgan fingerprint density at radius 3 is 2.82 bits per heavy atom. The van der Waals surface area contributed by atoms with Crippen LogP contribution in [0.3, 0.4) is 0 Å². The van der Waals surface area contributed by atoms with E-state index in [0.717, 1.165) is 12.8 Å². The summed E-state index contributed by atoms with van der Waals surface area (Å²) < 4.78 is 4.68. The molecule has 0 aromatic heterocycles. The zero-order valence-corrected chi connectivity index (χ0v) is 6.80. The van der Waals surface area contributed by atoms with Crippen LogP contribution in [0.25, 0.3) is 0 Å². The average molecular weight is 161 g/mol. The lowest BCUT2D eigenvalue weighted by Gasteiger charge is -2.01. The van der Waals surface area contributed by atoms with Crippen LogP contribution in [-0.2, 0) is 9.53 Å². The van der Waals surface area contributed by atoms with Gasteiger partial charge in [0.15, 0.2) is 0 Å². The molecule has 0 aromatic carbocycles. The summed E-state index contributed by atoms with van der Waals surface area (Å²) >= 11 is 0. The molecule has 11 heavy (non-hydrogen) atoms. The van der Waals surface area contributed by atoms with Gasteiger partial charge >= 0.3 is 0 Å². The summed E-state index contributed by atoms with van der Waals surface area (Å²) in [5.74, 6) is -0.00641. The van der Waals surface area contributed by atoms with Crippen molar-refractivity contribution in [3.05, 3.63) is 0 Å². The number of unbranched alkanes of at least 4 members (excludes halogenated alkanes) is 1. The predicted molar refractivity (Wildman–Crippen MR) is 41.0 cm³/mol. The number of nitrogens with one attached hydrogen (secondary N) is 1. The summed E-state index contributed by atoms with van der Waals surface area (Å²) in [6.45, 7) is 2.50. The minimum atomic E-state index is -0.222. The molecule has 0 fully saturated rings. The molecule has 0 bridgehead atoms. The fraction of sp³-hybridized carbons (Fsp3) is 0.857. The van der Waals surface area contributed by atoms with Gasteiger partial charge in [-0.25, -0.2) is 0 Å². The Labute approximate surface area is 66.5 Å². The van der Waals surface area contributed by atoms with E-state index in [-0.39, 0.29) is 12.7 Å². The first-order valence-electron chi connectivity index (χ1n) is 3.70. The summed E-state index contributed by atoms with van der Waals surface area (Å²) in [5.41, 5.74) is 0. The first kappa shape index (κ1) is 10.4. The highest BCUT2D eigenvalue weighted by molar-refractivity contribution is 5.72. The van der Waals surface area contributed by atoms with Crippen molar-refractivity contribution in [2.24, 2.45) is 0 Å². The highest BCUT2D eigenvalue weighted by Crippen LogP contribution is 1.87. The SMILES string of the molecule is CC(=O)NCCCCOCO. The van der Waals surface area contributed by atoms with E-state index in [1.165, 1.54) is 6.92 Å². The van der Waals surface area contributed by atoms with E-state index in [9.17, 15) is 4.79 Å². The van der Waals surface area contributed by atoms with Crippen LogP contribution >= 0.6 is 0 Å². The van der Waals surface area contributed by atoms with E-state index < -0.39 is 0 Å². The van der Waals surface area contributed by atoms with Gasteiger partial charge in [-0.3, -0.25) is 4.79 Å². The third-order valence-electron chi connectivity index (χ3n) is 1.18. The van der Waals surface area contributed by atoms with Gasteiger partial charge in [0.05, 0.1) is 0 Å². The molecular weight excluding hydrogens is 146 g/mol. The predicted octanol–water partition coefficient (Wildman–Crippen LogP) is -0.131. The molecule has 0 aliphatic carbocycles. The van der Waals surface area contributed by atoms with Crippen LogP contribution in [0, 0.1) is 0 Å². The van der Waals surface area contributed by atoms with Crippen molar-refractivity contribution in [1.29, 1.82) is 0 Å². The lowest BCUT2D eigenvalue weighted by Crippen LogP contribution is -2.21. The second-order valence-electron chi connectivity index (χ2n) is 2.23. The molecule has 0 unspecified atom stereocenters. The van der Waals surface area contributed by atoms with E-state index in [0.29, 0.717) is 13.2 Å². The highest BCUT2D eigenvalue weighted by Gasteiger charge is 1.90. The lowest BCUT2D eigenvalue weighted by atomic mass is 10.3. The molecule has 0 aliphatic heterocycles. The molecule has 0 aliphatic rings. The van der Waals surface area contributed by atoms with Crippen LogP contribution in [0.5, 0.6) is 0 Å². The van der Waals surface area contributed by atoms with E-state index in [4.69, 9.17) is 5.11 Å². The second-order valence-corrected chi connectivity index (χ2v) is 2.23. The fourth-order valence-corrected chi connectivity index (χ4v) is 0.658. The summed E-state index contributed by atoms with van der Waals surface area (Å²) in [6.07, 6.45) is 1.75. The largest absolute Gasteiger partial charge is 0.371 e. The average Bonchev–Trinajstić information content (AvgIpc) is 1.96. The van der Waals surface area contributed by atoms with E-state index in [2.05, 4.69) is 10.1 Å². The Hall–Kier alpha value is -0.610. The Bertz CT molecular complexity index is 106.